The van der Waals surface area contributed by atoms with Crippen LogP contribution >= 0.6 is 11.6 Å². The third kappa shape index (κ3) is 3.22. The largest absolute Gasteiger partial charge is 0.379 e. The van der Waals surface area contributed by atoms with E-state index < -0.39 is 5.67 Å². The number of aryl methyl sites for hydroxylation is 1. The van der Waals surface area contributed by atoms with Gasteiger partial charge in [-0.3, -0.25) is 0 Å². The molecule has 4 heteroatoms. The zero-order valence-corrected chi connectivity index (χ0v) is 11.6. The molecular weight excluding hydrogens is 253 g/mol. The topological polar surface area (TPSA) is 21.3 Å². The summed E-state index contributed by atoms with van der Waals surface area (Å²) in [5.41, 5.74) is 0.205. The number of morpholine rings is 1. The number of halogens is 2. The van der Waals surface area contributed by atoms with Crippen LogP contribution in [0.5, 0.6) is 0 Å². The monoisotopic (exact) mass is 271 g/mol. The standard InChI is InChI=1S/C14H19ClFNO/c1-10-3-4-11(7-13(10)15)14(2,16)8-12-9-18-6-5-17-12/h3-4,7,12,17H,5-6,8-9H2,1-2H3. The summed E-state index contributed by atoms with van der Waals surface area (Å²) in [5, 5.41) is 3.89. The molecule has 100 valence electrons. The van der Waals surface area contributed by atoms with Crippen LogP contribution in [0.1, 0.15) is 24.5 Å². The molecule has 1 fully saturated rings. The Labute approximate surface area is 112 Å². The molecule has 1 saturated heterocycles. The first-order valence-electron chi connectivity index (χ1n) is 6.26. The highest BCUT2D eigenvalue weighted by Crippen LogP contribution is 2.33. The molecule has 0 radical (unpaired) electrons. The van der Waals surface area contributed by atoms with Crippen molar-refractivity contribution in [1.29, 1.82) is 0 Å². The zero-order valence-electron chi connectivity index (χ0n) is 10.8. The van der Waals surface area contributed by atoms with Crippen LogP contribution in [0.25, 0.3) is 0 Å². The molecule has 2 unspecified atom stereocenters. The quantitative estimate of drug-likeness (QED) is 0.912. The molecule has 0 aliphatic carbocycles. The second-order valence-corrected chi connectivity index (χ2v) is 5.50. The first-order valence-corrected chi connectivity index (χ1v) is 6.63. The van der Waals surface area contributed by atoms with Crippen molar-refractivity contribution in [2.45, 2.75) is 32.0 Å². The molecule has 18 heavy (non-hydrogen) atoms. The third-order valence-electron chi connectivity index (χ3n) is 3.40. The molecule has 1 heterocycles. The van der Waals surface area contributed by atoms with Crippen LogP contribution in [-0.2, 0) is 10.4 Å². The van der Waals surface area contributed by atoms with E-state index in [2.05, 4.69) is 5.32 Å². The lowest BCUT2D eigenvalue weighted by Crippen LogP contribution is -2.44. The SMILES string of the molecule is Cc1ccc(C(C)(F)CC2COCCN2)cc1Cl. The second-order valence-electron chi connectivity index (χ2n) is 5.09. The van der Waals surface area contributed by atoms with Crippen LogP contribution in [0.15, 0.2) is 18.2 Å². The number of alkyl halides is 1. The van der Waals surface area contributed by atoms with Gasteiger partial charge in [0.1, 0.15) is 5.67 Å². The average Bonchev–Trinajstić information content (AvgIpc) is 2.33. The Morgan fingerprint density at radius 2 is 2.33 bits per heavy atom. The first-order chi connectivity index (χ1) is 8.49. The second kappa shape index (κ2) is 5.55. The summed E-state index contributed by atoms with van der Waals surface area (Å²) in [5.74, 6) is 0. The molecule has 0 aromatic heterocycles. The van der Waals surface area contributed by atoms with Gasteiger partial charge in [-0.05, 0) is 31.0 Å². The Kier molecular flexibility index (Phi) is 4.25. The van der Waals surface area contributed by atoms with Gasteiger partial charge in [-0.15, -0.1) is 0 Å². The van der Waals surface area contributed by atoms with Crippen LogP contribution in [0.3, 0.4) is 0 Å². The van der Waals surface area contributed by atoms with E-state index in [1.165, 1.54) is 0 Å². The molecule has 2 rings (SSSR count). The van der Waals surface area contributed by atoms with Gasteiger partial charge in [0.2, 0.25) is 0 Å². The maximum Gasteiger partial charge on any atom is 0.134 e. The van der Waals surface area contributed by atoms with Crippen molar-refractivity contribution < 1.29 is 9.13 Å². The Morgan fingerprint density at radius 3 is 2.94 bits per heavy atom. The van der Waals surface area contributed by atoms with Crippen molar-refractivity contribution in [1.82, 2.24) is 5.32 Å². The minimum atomic E-state index is -1.39. The van der Waals surface area contributed by atoms with Gasteiger partial charge in [-0.2, -0.15) is 0 Å². The summed E-state index contributed by atoms with van der Waals surface area (Å²) in [6.07, 6.45) is 0.395. The summed E-state index contributed by atoms with van der Waals surface area (Å²) < 4.78 is 20.1. The number of ether oxygens (including phenoxy) is 1. The van der Waals surface area contributed by atoms with Crippen LogP contribution < -0.4 is 5.32 Å². The Morgan fingerprint density at radius 1 is 1.56 bits per heavy atom. The summed E-state index contributed by atoms with van der Waals surface area (Å²) in [6.45, 7) is 5.58. The molecule has 0 bridgehead atoms. The van der Waals surface area contributed by atoms with E-state index in [9.17, 15) is 4.39 Å². The molecule has 2 nitrogen and oxygen atoms in total. The normalized spacial score (nSPS) is 23.7. The van der Waals surface area contributed by atoms with Crippen LogP contribution in [-0.4, -0.2) is 25.8 Å². The Bertz CT molecular complexity index is 416. The molecule has 1 N–H and O–H groups in total. The summed E-state index contributed by atoms with van der Waals surface area (Å²) >= 11 is 6.06. The molecule has 1 aliphatic heterocycles. The smallest absolute Gasteiger partial charge is 0.134 e. The molecule has 2 atom stereocenters. The van der Waals surface area contributed by atoms with Gasteiger partial charge < -0.3 is 10.1 Å². The van der Waals surface area contributed by atoms with E-state index in [1.54, 1.807) is 13.0 Å². The summed E-state index contributed by atoms with van der Waals surface area (Å²) in [6, 6.07) is 5.46. The van der Waals surface area contributed by atoms with E-state index >= 15 is 0 Å². The number of nitrogens with one attached hydrogen (secondary N) is 1. The predicted octanol–water partition coefficient (Wildman–Crippen LogP) is 3.21. The lowest BCUT2D eigenvalue weighted by molar-refractivity contribution is 0.0474. The molecule has 0 amide bonds. The highest BCUT2D eigenvalue weighted by Gasteiger charge is 2.31. The van der Waals surface area contributed by atoms with E-state index in [0.717, 1.165) is 12.1 Å². The maximum absolute atomic E-state index is 14.8. The van der Waals surface area contributed by atoms with E-state index in [1.807, 2.05) is 19.1 Å². The summed E-state index contributed by atoms with van der Waals surface area (Å²) in [7, 11) is 0. The van der Waals surface area contributed by atoms with Crippen molar-refractivity contribution in [2.24, 2.45) is 0 Å². The van der Waals surface area contributed by atoms with Crippen molar-refractivity contribution in [3.8, 4) is 0 Å². The first kappa shape index (κ1) is 13.8. The zero-order chi connectivity index (χ0) is 13.2. The molecule has 0 saturated carbocycles. The fourth-order valence-electron chi connectivity index (χ4n) is 2.25. The molecule has 1 aromatic rings. The summed E-state index contributed by atoms with van der Waals surface area (Å²) in [4.78, 5) is 0. The van der Waals surface area contributed by atoms with Gasteiger partial charge in [0, 0.05) is 24.0 Å². The lowest BCUT2D eigenvalue weighted by Gasteiger charge is -2.30. The molecule has 1 aromatic carbocycles. The Hall–Kier alpha value is -0.640. The van der Waals surface area contributed by atoms with Gasteiger partial charge in [0.25, 0.3) is 0 Å². The van der Waals surface area contributed by atoms with Crippen LogP contribution in [0.4, 0.5) is 4.39 Å². The number of benzene rings is 1. The van der Waals surface area contributed by atoms with Crippen molar-refractivity contribution in [2.75, 3.05) is 19.8 Å². The minimum absolute atomic E-state index is 0.0637. The highest BCUT2D eigenvalue weighted by molar-refractivity contribution is 6.31. The molecule has 1 aliphatic rings. The van der Waals surface area contributed by atoms with Crippen molar-refractivity contribution >= 4 is 11.6 Å². The molecule has 0 spiro atoms. The number of rotatable bonds is 3. The van der Waals surface area contributed by atoms with Gasteiger partial charge in [0.05, 0.1) is 13.2 Å². The van der Waals surface area contributed by atoms with Crippen LogP contribution in [0.2, 0.25) is 5.02 Å². The predicted molar refractivity (Wildman–Crippen MR) is 71.9 cm³/mol. The Balaban J connectivity index is 2.10. The third-order valence-corrected chi connectivity index (χ3v) is 3.81. The van der Waals surface area contributed by atoms with E-state index in [4.69, 9.17) is 16.3 Å². The van der Waals surface area contributed by atoms with E-state index in [-0.39, 0.29) is 6.04 Å². The molecular formula is C14H19ClFNO. The maximum atomic E-state index is 14.8. The van der Waals surface area contributed by atoms with Crippen molar-refractivity contribution in [3.63, 3.8) is 0 Å². The minimum Gasteiger partial charge on any atom is -0.379 e. The van der Waals surface area contributed by atoms with Gasteiger partial charge in [-0.1, -0.05) is 23.7 Å². The van der Waals surface area contributed by atoms with Crippen molar-refractivity contribution in [3.05, 3.63) is 34.3 Å². The number of hydrogen-bond donors (Lipinski definition) is 1. The van der Waals surface area contributed by atoms with Gasteiger partial charge in [-0.25, -0.2) is 4.39 Å². The fraction of sp³-hybridized carbons (Fsp3) is 0.571. The number of hydrogen-bond acceptors (Lipinski definition) is 2. The fourth-order valence-corrected chi connectivity index (χ4v) is 2.43. The van der Waals surface area contributed by atoms with Crippen LogP contribution in [0, 0.1) is 6.92 Å². The highest BCUT2D eigenvalue weighted by atomic mass is 35.5. The lowest BCUT2D eigenvalue weighted by atomic mass is 9.90. The average molecular weight is 272 g/mol. The van der Waals surface area contributed by atoms with E-state index in [0.29, 0.717) is 30.2 Å². The van der Waals surface area contributed by atoms with Gasteiger partial charge in [0.15, 0.2) is 0 Å². The van der Waals surface area contributed by atoms with Gasteiger partial charge >= 0.3 is 0 Å².